The number of nitrogens with zero attached hydrogens (tertiary/aromatic N) is 3. The molecule has 2 aliphatic rings. The molecule has 128 valence electrons. The van der Waals surface area contributed by atoms with E-state index in [4.69, 9.17) is 0 Å². The maximum atomic E-state index is 13.4. The van der Waals surface area contributed by atoms with Crippen LogP contribution in [-0.2, 0) is 0 Å². The molecule has 1 saturated carbocycles. The minimum atomic E-state index is -2.66. The average Bonchev–Trinajstić information content (AvgIpc) is 3.27. The Balaban J connectivity index is 1.62. The molecule has 1 aromatic rings. The van der Waals surface area contributed by atoms with Gasteiger partial charge in [-0.15, -0.1) is 0 Å². The van der Waals surface area contributed by atoms with Gasteiger partial charge in [0, 0.05) is 37.7 Å². The van der Waals surface area contributed by atoms with Crippen molar-refractivity contribution >= 4 is 11.8 Å². The van der Waals surface area contributed by atoms with Crippen molar-refractivity contribution in [3.63, 3.8) is 0 Å². The number of hydrogen-bond donors (Lipinski definition) is 1. The minimum absolute atomic E-state index is 0.0804. The summed E-state index contributed by atoms with van der Waals surface area (Å²) in [4.78, 5) is 13.7. The minimum Gasteiger partial charge on any atom is -0.324 e. The molecular weight excluding hydrogens is 302 g/mol. The Morgan fingerprint density at radius 3 is 2.83 bits per heavy atom. The van der Waals surface area contributed by atoms with Crippen molar-refractivity contribution < 1.29 is 13.6 Å². The number of aryl methyl sites for hydroxylation is 1. The molecule has 23 heavy (non-hydrogen) atoms. The predicted molar refractivity (Wildman–Crippen MR) is 83.8 cm³/mol. The van der Waals surface area contributed by atoms with Crippen LogP contribution in [-0.4, -0.2) is 39.7 Å². The number of aromatic nitrogens is 2. The van der Waals surface area contributed by atoms with Crippen molar-refractivity contribution in [1.82, 2.24) is 14.7 Å². The van der Waals surface area contributed by atoms with Gasteiger partial charge < -0.3 is 4.90 Å². The summed E-state index contributed by atoms with van der Waals surface area (Å²) in [5.41, 5.74) is 1.00. The molecule has 5 nitrogen and oxygen atoms in total. The Morgan fingerprint density at radius 2 is 2.13 bits per heavy atom. The number of urea groups is 1. The highest BCUT2D eigenvalue weighted by molar-refractivity contribution is 5.88. The van der Waals surface area contributed by atoms with E-state index in [1.54, 1.807) is 0 Å². The normalized spacial score (nSPS) is 22.5. The van der Waals surface area contributed by atoms with Crippen LogP contribution in [0.5, 0.6) is 0 Å². The highest BCUT2D eigenvalue weighted by Crippen LogP contribution is 2.39. The van der Waals surface area contributed by atoms with Gasteiger partial charge in [-0.25, -0.2) is 13.6 Å². The second-order valence-corrected chi connectivity index (χ2v) is 6.82. The van der Waals surface area contributed by atoms with Crippen LogP contribution in [0.4, 0.5) is 19.4 Å². The lowest BCUT2D eigenvalue weighted by Gasteiger charge is -2.20. The van der Waals surface area contributed by atoms with Gasteiger partial charge in [0.1, 0.15) is 0 Å². The zero-order chi connectivity index (χ0) is 16.6. The molecule has 2 heterocycles. The van der Waals surface area contributed by atoms with Crippen molar-refractivity contribution in [2.45, 2.75) is 57.9 Å². The molecule has 2 amide bonds. The summed E-state index contributed by atoms with van der Waals surface area (Å²) in [6.07, 6.45) is 2.36. The number of alkyl halides is 2. The standard InChI is InChI=1S/C16H24F2N4O/c1-11-10-14(20-22(11)12(2)13-4-5-13)19-15(23)21-8-3-6-16(17,18)7-9-21/h10,12-13H,3-9H2,1-2H3,(H,19,20,23). The molecule has 1 unspecified atom stereocenters. The molecule has 1 atom stereocenters. The summed E-state index contributed by atoms with van der Waals surface area (Å²) >= 11 is 0. The summed E-state index contributed by atoms with van der Waals surface area (Å²) < 4.78 is 28.7. The van der Waals surface area contributed by atoms with Crippen LogP contribution in [0.2, 0.25) is 0 Å². The monoisotopic (exact) mass is 326 g/mol. The molecule has 0 bridgehead atoms. The van der Waals surface area contributed by atoms with Crippen LogP contribution in [0.25, 0.3) is 0 Å². The Bertz CT molecular complexity index is 583. The molecule has 1 aliphatic heterocycles. The molecule has 0 radical (unpaired) electrons. The van der Waals surface area contributed by atoms with Gasteiger partial charge in [-0.2, -0.15) is 5.10 Å². The Morgan fingerprint density at radius 1 is 1.39 bits per heavy atom. The zero-order valence-electron chi connectivity index (χ0n) is 13.7. The van der Waals surface area contributed by atoms with Gasteiger partial charge in [0.05, 0.1) is 6.04 Å². The number of amides is 2. The van der Waals surface area contributed by atoms with E-state index in [9.17, 15) is 13.6 Å². The van der Waals surface area contributed by atoms with Crippen molar-refractivity contribution in [3.05, 3.63) is 11.8 Å². The number of hydrogen-bond acceptors (Lipinski definition) is 2. The molecule has 7 heteroatoms. The first kappa shape index (κ1) is 16.2. The number of halogens is 2. The predicted octanol–water partition coefficient (Wildman–Crippen LogP) is 3.82. The summed E-state index contributed by atoms with van der Waals surface area (Å²) in [7, 11) is 0. The van der Waals surface area contributed by atoms with Crippen LogP contribution >= 0.6 is 0 Å². The first-order valence-electron chi connectivity index (χ1n) is 8.36. The number of anilines is 1. The highest BCUT2D eigenvalue weighted by Gasteiger charge is 2.33. The quantitative estimate of drug-likeness (QED) is 0.918. The number of carbonyl (C=O) groups excluding carboxylic acids is 1. The first-order valence-corrected chi connectivity index (χ1v) is 8.36. The van der Waals surface area contributed by atoms with E-state index in [0.717, 1.165) is 5.69 Å². The van der Waals surface area contributed by atoms with Gasteiger partial charge in [-0.05, 0) is 39.0 Å². The summed E-state index contributed by atoms with van der Waals surface area (Å²) in [5.74, 6) is -1.49. The van der Waals surface area contributed by atoms with E-state index in [-0.39, 0.29) is 25.4 Å². The average molecular weight is 326 g/mol. The van der Waals surface area contributed by atoms with Crippen LogP contribution in [0.3, 0.4) is 0 Å². The molecule has 1 aliphatic carbocycles. The van der Waals surface area contributed by atoms with Crippen LogP contribution in [0, 0.1) is 12.8 Å². The van der Waals surface area contributed by atoms with E-state index >= 15 is 0 Å². The number of rotatable bonds is 3. The van der Waals surface area contributed by atoms with Crippen LogP contribution in [0.15, 0.2) is 6.07 Å². The van der Waals surface area contributed by atoms with Gasteiger partial charge in [0.15, 0.2) is 5.82 Å². The summed E-state index contributed by atoms with van der Waals surface area (Å²) in [6, 6.07) is 1.83. The van der Waals surface area contributed by atoms with E-state index < -0.39 is 5.92 Å². The number of nitrogens with one attached hydrogen (secondary N) is 1. The van der Waals surface area contributed by atoms with Crippen LogP contribution in [0.1, 0.15) is 50.8 Å². The second kappa shape index (κ2) is 6.09. The third kappa shape index (κ3) is 3.82. The van der Waals surface area contributed by atoms with Crippen molar-refractivity contribution in [3.8, 4) is 0 Å². The molecular formula is C16H24F2N4O. The largest absolute Gasteiger partial charge is 0.324 e. The molecule has 0 aromatic carbocycles. The fourth-order valence-electron chi connectivity index (χ4n) is 3.20. The van der Waals surface area contributed by atoms with Gasteiger partial charge in [-0.3, -0.25) is 10.00 Å². The molecule has 1 saturated heterocycles. The summed E-state index contributed by atoms with van der Waals surface area (Å²) in [6.45, 7) is 4.55. The molecule has 3 rings (SSSR count). The van der Waals surface area contributed by atoms with E-state index in [1.807, 2.05) is 17.7 Å². The maximum Gasteiger partial charge on any atom is 0.323 e. The fraction of sp³-hybridized carbons (Fsp3) is 0.750. The van der Waals surface area contributed by atoms with E-state index in [1.165, 1.54) is 17.7 Å². The second-order valence-electron chi connectivity index (χ2n) is 6.82. The van der Waals surface area contributed by atoms with Crippen molar-refractivity contribution in [1.29, 1.82) is 0 Å². The van der Waals surface area contributed by atoms with Crippen LogP contribution < -0.4 is 5.32 Å². The van der Waals surface area contributed by atoms with Gasteiger partial charge in [0.2, 0.25) is 5.92 Å². The Labute approximate surface area is 135 Å². The zero-order valence-corrected chi connectivity index (χ0v) is 13.7. The van der Waals surface area contributed by atoms with Gasteiger partial charge in [-0.1, -0.05) is 0 Å². The van der Waals surface area contributed by atoms with Crippen molar-refractivity contribution in [2.24, 2.45) is 5.92 Å². The Hall–Kier alpha value is -1.66. The number of carbonyl (C=O) groups is 1. The fourth-order valence-corrected chi connectivity index (χ4v) is 3.20. The smallest absolute Gasteiger partial charge is 0.323 e. The van der Waals surface area contributed by atoms with Gasteiger partial charge >= 0.3 is 6.03 Å². The maximum absolute atomic E-state index is 13.4. The molecule has 1 N–H and O–H groups in total. The topological polar surface area (TPSA) is 50.2 Å². The SMILES string of the molecule is Cc1cc(NC(=O)N2CCCC(F)(F)CC2)nn1C(C)C1CC1. The van der Waals surface area contributed by atoms with Crippen molar-refractivity contribution in [2.75, 3.05) is 18.4 Å². The first-order chi connectivity index (χ1) is 10.9. The van der Waals surface area contributed by atoms with E-state index in [2.05, 4.69) is 17.3 Å². The third-order valence-corrected chi connectivity index (χ3v) is 4.85. The summed E-state index contributed by atoms with van der Waals surface area (Å²) in [5, 5.41) is 7.22. The molecule has 1 aromatic heterocycles. The Kier molecular flexibility index (Phi) is 4.29. The molecule has 2 fully saturated rings. The third-order valence-electron chi connectivity index (χ3n) is 4.85. The highest BCUT2D eigenvalue weighted by atomic mass is 19.3. The lowest BCUT2D eigenvalue weighted by atomic mass is 10.1. The van der Waals surface area contributed by atoms with Gasteiger partial charge in [0.25, 0.3) is 0 Å². The lowest BCUT2D eigenvalue weighted by molar-refractivity contribution is -0.0121. The number of likely N-dealkylation sites (tertiary alicyclic amines) is 1. The van der Waals surface area contributed by atoms with E-state index in [0.29, 0.717) is 30.7 Å². The lowest BCUT2D eigenvalue weighted by Crippen LogP contribution is -2.36. The molecule has 0 spiro atoms.